The SMILES string of the molecule is O=C(CCN1C(=O)C2CCCCC2C1=O)N1CCN(c2ccc(Br)cn2)CC1. The molecule has 0 N–H and O–H groups in total. The zero-order valence-corrected chi connectivity index (χ0v) is 17.4. The topological polar surface area (TPSA) is 73.8 Å². The summed E-state index contributed by atoms with van der Waals surface area (Å²) in [6.45, 7) is 2.93. The van der Waals surface area contributed by atoms with Gasteiger partial charge in [-0.1, -0.05) is 12.8 Å². The number of pyridine rings is 1. The van der Waals surface area contributed by atoms with Gasteiger partial charge in [-0.25, -0.2) is 4.98 Å². The van der Waals surface area contributed by atoms with Gasteiger partial charge in [0.05, 0.1) is 11.8 Å². The summed E-state index contributed by atoms with van der Waals surface area (Å²) < 4.78 is 0.941. The van der Waals surface area contributed by atoms with Crippen LogP contribution in [0.1, 0.15) is 32.1 Å². The number of fused-ring (bicyclic) bond motifs is 1. The molecule has 2 saturated heterocycles. The zero-order chi connectivity index (χ0) is 19.7. The smallest absolute Gasteiger partial charge is 0.233 e. The lowest BCUT2D eigenvalue weighted by Gasteiger charge is -2.35. The molecule has 0 bridgehead atoms. The molecule has 1 aliphatic carbocycles. The van der Waals surface area contributed by atoms with Gasteiger partial charge < -0.3 is 9.80 Å². The van der Waals surface area contributed by atoms with Crippen LogP contribution in [0.4, 0.5) is 5.82 Å². The average molecular weight is 449 g/mol. The summed E-state index contributed by atoms with van der Waals surface area (Å²) in [6, 6.07) is 3.92. The lowest BCUT2D eigenvalue weighted by Crippen LogP contribution is -2.49. The van der Waals surface area contributed by atoms with Crippen LogP contribution in [0, 0.1) is 11.8 Å². The molecule has 2 unspecified atom stereocenters. The number of imide groups is 1. The molecule has 1 saturated carbocycles. The van der Waals surface area contributed by atoms with E-state index < -0.39 is 0 Å². The monoisotopic (exact) mass is 448 g/mol. The van der Waals surface area contributed by atoms with Gasteiger partial charge in [0, 0.05) is 49.8 Å². The molecule has 150 valence electrons. The third kappa shape index (κ3) is 3.79. The summed E-state index contributed by atoms with van der Waals surface area (Å²) in [5.41, 5.74) is 0. The Balaban J connectivity index is 1.27. The second-order valence-corrected chi connectivity index (χ2v) is 8.69. The van der Waals surface area contributed by atoms with Crippen LogP contribution >= 0.6 is 15.9 Å². The van der Waals surface area contributed by atoms with Crippen molar-refractivity contribution in [2.24, 2.45) is 11.8 Å². The predicted molar refractivity (Wildman–Crippen MR) is 108 cm³/mol. The number of carbonyl (C=O) groups is 3. The fourth-order valence-electron chi connectivity index (χ4n) is 4.56. The second-order valence-electron chi connectivity index (χ2n) is 7.78. The van der Waals surface area contributed by atoms with Gasteiger partial charge in [-0.05, 0) is 40.9 Å². The summed E-state index contributed by atoms with van der Waals surface area (Å²) in [5, 5.41) is 0. The van der Waals surface area contributed by atoms with Gasteiger partial charge in [-0.3, -0.25) is 19.3 Å². The van der Waals surface area contributed by atoms with Crippen LogP contribution in [0.15, 0.2) is 22.8 Å². The summed E-state index contributed by atoms with van der Waals surface area (Å²) in [7, 11) is 0. The molecule has 2 aliphatic heterocycles. The summed E-state index contributed by atoms with van der Waals surface area (Å²) in [5.74, 6) is 0.518. The molecule has 0 spiro atoms. The van der Waals surface area contributed by atoms with Crippen molar-refractivity contribution in [1.82, 2.24) is 14.8 Å². The minimum atomic E-state index is -0.140. The Kier molecular flexibility index (Phi) is 5.66. The minimum Gasteiger partial charge on any atom is -0.353 e. The molecule has 28 heavy (non-hydrogen) atoms. The van der Waals surface area contributed by atoms with Crippen LogP contribution in [0.25, 0.3) is 0 Å². The van der Waals surface area contributed by atoms with E-state index >= 15 is 0 Å². The molecular weight excluding hydrogens is 424 g/mol. The molecule has 3 heterocycles. The first-order chi connectivity index (χ1) is 13.5. The molecule has 1 aromatic heterocycles. The lowest BCUT2D eigenvalue weighted by atomic mass is 9.81. The molecule has 2 atom stereocenters. The Morgan fingerprint density at radius 2 is 1.68 bits per heavy atom. The number of aromatic nitrogens is 1. The van der Waals surface area contributed by atoms with Gasteiger partial charge in [-0.2, -0.15) is 0 Å². The van der Waals surface area contributed by atoms with Gasteiger partial charge in [-0.15, -0.1) is 0 Å². The van der Waals surface area contributed by atoms with E-state index in [0.717, 1.165) is 49.1 Å². The Hall–Kier alpha value is -1.96. The van der Waals surface area contributed by atoms with Gasteiger partial charge in [0.2, 0.25) is 17.7 Å². The number of carbonyl (C=O) groups excluding carboxylic acids is 3. The Labute approximate surface area is 173 Å². The maximum absolute atomic E-state index is 12.6. The van der Waals surface area contributed by atoms with E-state index in [0.29, 0.717) is 13.1 Å². The summed E-state index contributed by atoms with van der Waals surface area (Å²) >= 11 is 3.39. The third-order valence-corrected chi connectivity index (χ3v) is 6.62. The van der Waals surface area contributed by atoms with Crippen LogP contribution in [0.2, 0.25) is 0 Å². The number of hydrogen-bond acceptors (Lipinski definition) is 5. The molecular formula is C20H25BrN4O3. The fraction of sp³-hybridized carbons (Fsp3) is 0.600. The van der Waals surface area contributed by atoms with Gasteiger partial charge in [0.15, 0.2) is 0 Å². The fourth-order valence-corrected chi connectivity index (χ4v) is 4.79. The average Bonchev–Trinajstić information content (AvgIpc) is 2.97. The van der Waals surface area contributed by atoms with Crippen molar-refractivity contribution < 1.29 is 14.4 Å². The van der Waals surface area contributed by atoms with E-state index in [4.69, 9.17) is 0 Å². The van der Waals surface area contributed by atoms with Crippen molar-refractivity contribution >= 4 is 39.5 Å². The number of nitrogens with zero attached hydrogens (tertiary/aromatic N) is 4. The van der Waals surface area contributed by atoms with Crippen LogP contribution in [0.3, 0.4) is 0 Å². The number of rotatable bonds is 4. The molecule has 3 amide bonds. The van der Waals surface area contributed by atoms with Crippen LogP contribution in [0.5, 0.6) is 0 Å². The molecule has 3 aliphatic rings. The van der Waals surface area contributed by atoms with Gasteiger partial charge in [0.25, 0.3) is 0 Å². The maximum Gasteiger partial charge on any atom is 0.233 e. The number of anilines is 1. The summed E-state index contributed by atoms with van der Waals surface area (Å²) in [6.07, 6.45) is 5.65. The first-order valence-electron chi connectivity index (χ1n) is 10.0. The normalized spacial score (nSPS) is 25.2. The molecule has 0 aromatic carbocycles. The summed E-state index contributed by atoms with van der Waals surface area (Å²) in [4.78, 5) is 47.4. The molecule has 3 fully saturated rings. The third-order valence-electron chi connectivity index (χ3n) is 6.15. The minimum absolute atomic E-state index is 0.0129. The number of amides is 3. The second kappa shape index (κ2) is 8.19. The quantitative estimate of drug-likeness (QED) is 0.658. The van der Waals surface area contributed by atoms with E-state index in [9.17, 15) is 14.4 Å². The standard InChI is InChI=1S/C20H25BrN4O3/c21-14-5-6-17(22-13-14)23-9-11-24(12-10-23)18(26)7-8-25-19(27)15-3-1-2-4-16(15)20(25)28/h5-6,13,15-16H,1-4,7-12H2. The van der Waals surface area contributed by atoms with E-state index in [2.05, 4.69) is 25.8 Å². The molecule has 0 radical (unpaired) electrons. The Morgan fingerprint density at radius 3 is 2.25 bits per heavy atom. The van der Waals surface area contributed by atoms with Crippen molar-refractivity contribution in [3.63, 3.8) is 0 Å². The molecule has 7 nitrogen and oxygen atoms in total. The lowest BCUT2D eigenvalue weighted by molar-refractivity contribution is -0.140. The van der Waals surface area contributed by atoms with Crippen LogP contribution < -0.4 is 4.90 Å². The highest BCUT2D eigenvalue weighted by Crippen LogP contribution is 2.38. The van der Waals surface area contributed by atoms with Crippen molar-refractivity contribution in [3.05, 3.63) is 22.8 Å². The predicted octanol–water partition coefficient (Wildman–Crippen LogP) is 2.06. The first-order valence-corrected chi connectivity index (χ1v) is 10.8. The number of hydrogen-bond donors (Lipinski definition) is 0. The van der Waals surface area contributed by atoms with E-state index in [1.165, 1.54) is 4.90 Å². The van der Waals surface area contributed by atoms with Crippen molar-refractivity contribution in [1.29, 1.82) is 0 Å². The van der Waals surface area contributed by atoms with Crippen molar-refractivity contribution in [2.45, 2.75) is 32.1 Å². The molecule has 1 aromatic rings. The zero-order valence-electron chi connectivity index (χ0n) is 15.8. The first kappa shape index (κ1) is 19.4. The van der Waals surface area contributed by atoms with Crippen LogP contribution in [-0.4, -0.2) is 65.2 Å². The van der Waals surface area contributed by atoms with E-state index in [-0.39, 0.29) is 42.5 Å². The highest BCUT2D eigenvalue weighted by molar-refractivity contribution is 9.10. The number of likely N-dealkylation sites (tertiary alicyclic amines) is 1. The molecule has 4 rings (SSSR count). The Morgan fingerprint density at radius 1 is 1.04 bits per heavy atom. The van der Waals surface area contributed by atoms with E-state index in [1.54, 1.807) is 6.20 Å². The highest BCUT2D eigenvalue weighted by Gasteiger charge is 2.47. The Bertz CT molecular complexity index is 737. The largest absolute Gasteiger partial charge is 0.353 e. The molecule has 8 heteroatoms. The highest BCUT2D eigenvalue weighted by atomic mass is 79.9. The number of piperazine rings is 1. The van der Waals surface area contributed by atoms with Crippen molar-refractivity contribution in [2.75, 3.05) is 37.6 Å². The van der Waals surface area contributed by atoms with Crippen LogP contribution in [-0.2, 0) is 14.4 Å². The van der Waals surface area contributed by atoms with Gasteiger partial charge in [0.1, 0.15) is 5.82 Å². The maximum atomic E-state index is 12.6. The van der Waals surface area contributed by atoms with Gasteiger partial charge >= 0.3 is 0 Å². The van der Waals surface area contributed by atoms with Crippen molar-refractivity contribution in [3.8, 4) is 0 Å². The van der Waals surface area contributed by atoms with E-state index in [1.807, 2.05) is 17.0 Å². The number of halogens is 1.